The lowest BCUT2D eigenvalue weighted by molar-refractivity contribution is -0.117. The Hall–Kier alpha value is -2.45. The van der Waals surface area contributed by atoms with Gasteiger partial charge < -0.3 is 15.0 Å². The highest BCUT2D eigenvalue weighted by Gasteiger charge is 2.27. The lowest BCUT2D eigenvalue weighted by Gasteiger charge is -2.40. The molecule has 2 N–H and O–H groups in total. The number of benzene rings is 1. The molecule has 1 aromatic heterocycles. The number of hydrogen-bond donors (Lipinski definition) is 2. The van der Waals surface area contributed by atoms with Crippen LogP contribution >= 0.6 is 0 Å². The lowest BCUT2D eigenvalue weighted by atomic mass is 9.94. The number of nitrogens with one attached hydrogen (secondary N) is 2. The second kappa shape index (κ2) is 9.78. The molecule has 2 aromatic rings. The highest BCUT2D eigenvalue weighted by Crippen LogP contribution is 2.29. The second-order valence-electron chi connectivity index (χ2n) is 8.44. The van der Waals surface area contributed by atoms with Crippen molar-refractivity contribution >= 4 is 28.5 Å². The van der Waals surface area contributed by atoms with E-state index in [0.717, 1.165) is 26.2 Å². The van der Waals surface area contributed by atoms with Gasteiger partial charge in [0.05, 0.1) is 18.8 Å². The SMILES string of the molecule is CCOC(=O)c1[nH]c2ccc(F)cc2c1NC(=O)CN1CCN(C2CCCCC2)CC1. The molecule has 8 heteroatoms. The molecule has 1 aliphatic heterocycles. The van der Waals surface area contributed by atoms with Gasteiger partial charge in [0.25, 0.3) is 0 Å². The summed E-state index contributed by atoms with van der Waals surface area (Å²) in [6.07, 6.45) is 6.56. The van der Waals surface area contributed by atoms with Gasteiger partial charge in [0.2, 0.25) is 5.91 Å². The fourth-order valence-corrected chi connectivity index (χ4v) is 4.77. The minimum atomic E-state index is -0.574. The minimum absolute atomic E-state index is 0.137. The monoisotopic (exact) mass is 430 g/mol. The first-order valence-electron chi connectivity index (χ1n) is 11.3. The van der Waals surface area contributed by atoms with Crippen LogP contribution < -0.4 is 5.32 Å². The van der Waals surface area contributed by atoms with Gasteiger partial charge in [-0.25, -0.2) is 9.18 Å². The summed E-state index contributed by atoms with van der Waals surface area (Å²) in [5.41, 5.74) is 0.984. The predicted molar refractivity (Wildman–Crippen MR) is 118 cm³/mol. The largest absolute Gasteiger partial charge is 0.461 e. The summed E-state index contributed by atoms with van der Waals surface area (Å²) in [4.78, 5) is 32.8. The first-order valence-corrected chi connectivity index (χ1v) is 11.3. The number of amides is 1. The van der Waals surface area contributed by atoms with Crippen molar-refractivity contribution in [3.8, 4) is 0 Å². The summed E-state index contributed by atoms with van der Waals surface area (Å²) in [5, 5.41) is 3.29. The Kier molecular flexibility index (Phi) is 6.87. The van der Waals surface area contributed by atoms with Gasteiger partial charge in [-0.2, -0.15) is 0 Å². The maximum atomic E-state index is 13.8. The molecule has 1 aromatic carbocycles. The van der Waals surface area contributed by atoms with E-state index >= 15 is 0 Å². The molecule has 2 aliphatic rings. The Morgan fingerprint density at radius 1 is 1.16 bits per heavy atom. The zero-order chi connectivity index (χ0) is 21.8. The number of ether oxygens (including phenoxy) is 1. The summed E-state index contributed by atoms with van der Waals surface area (Å²) in [6, 6.07) is 4.87. The normalized spacial score (nSPS) is 18.9. The zero-order valence-electron chi connectivity index (χ0n) is 18.1. The number of rotatable bonds is 6. The number of carbonyl (C=O) groups is 2. The molecule has 0 spiro atoms. The first kappa shape index (κ1) is 21.8. The van der Waals surface area contributed by atoms with Gasteiger partial charge in [-0.1, -0.05) is 19.3 Å². The van der Waals surface area contributed by atoms with Gasteiger partial charge in [0.15, 0.2) is 0 Å². The maximum Gasteiger partial charge on any atom is 0.356 e. The average molecular weight is 431 g/mol. The van der Waals surface area contributed by atoms with Crippen LogP contribution in [0, 0.1) is 5.82 Å². The molecular weight excluding hydrogens is 399 g/mol. The third-order valence-corrected chi connectivity index (χ3v) is 6.37. The smallest absolute Gasteiger partial charge is 0.356 e. The Balaban J connectivity index is 1.41. The van der Waals surface area contributed by atoms with Crippen molar-refractivity contribution in [2.45, 2.75) is 45.1 Å². The molecule has 1 amide bonds. The molecule has 1 saturated heterocycles. The molecule has 1 saturated carbocycles. The van der Waals surface area contributed by atoms with Crippen molar-refractivity contribution in [1.82, 2.24) is 14.8 Å². The molecule has 0 bridgehead atoms. The Morgan fingerprint density at radius 2 is 1.90 bits per heavy atom. The number of carbonyl (C=O) groups excluding carboxylic acids is 2. The van der Waals surface area contributed by atoms with Crippen LogP contribution in [0.2, 0.25) is 0 Å². The molecule has 2 fully saturated rings. The minimum Gasteiger partial charge on any atom is -0.461 e. The van der Waals surface area contributed by atoms with Gasteiger partial charge in [-0.05, 0) is 38.0 Å². The molecular formula is C23H31FN4O3. The third kappa shape index (κ3) is 5.07. The van der Waals surface area contributed by atoms with Crippen molar-refractivity contribution < 1.29 is 18.7 Å². The molecule has 0 radical (unpaired) electrons. The molecule has 2 heterocycles. The van der Waals surface area contributed by atoms with Crippen LogP contribution in [-0.2, 0) is 9.53 Å². The second-order valence-corrected chi connectivity index (χ2v) is 8.44. The van der Waals surface area contributed by atoms with Crippen LogP contribution in [0.15, 0.2) is 18.2 Å². The van der Waals surface area contributed by atoms with Crippen LogP contribution in [-0.4, -0.2) is 72.0 Å². The van der Waals surface area contributed by atoms with Gasteiger partial charge in [-0.3, -0.25) is 14.6 Å². The quantitative estimate of drug-likeness (QED) is 0.687. The summed E-state index contributed by atoms with van der Waals surface area (Å²) in [6.45, 7) is 5.80. The first-order chi connectivity index (χ1) is 15.0. The molecule has 0 unspecified atom stereocenters. The molecule has 1 aliphatic carbocycles. The van der Waals surface area contributed by atoms with E-state index in [1.54, 1.807) is 13.0 Å². The number of halogens is 1. The fraction of sp³-hybridized carbons (Fsp3) is 0.565. The summed E-state index contributed by atoms with van der Waals surface area (Å²) >= 11 is 0. The number of H-pyrrole nitrogens is 1. The number of fused-ring (bicyclic) bond motifs is 1. The van der Waals surface area contributed by atoms with E-state index in [4.69, 9.17) is 4.74 Å². The van der Waals surface area contributed by atoms with Gasteiger partial charge in [0.1, 0.15) is 11.5 Å². The standard InChI is InChI=1S/C23H31FN4O3/c1-2-31-23(30)22-21(18-14-16(24)8-9-19(18)25-22)26-20(29)15-27-10-12-28(13-11-27)17-6-4-3-5-7-17/h8-9,14,17,25H,2-7,10-13,15H2,1H3,(H,26,29). The summed E-state index contributed by atoms with van der Waals surface area (Å²) < 4.78 is 18.9. The van der Waals surface area contributed by atoms with Crippen molar-refractivity contribution in [1.29, 1.82) is 0 Å². The van der Waals surface area contributed by atoms with Crippen molar-refractivity contribution in [3.05, 3.63) is 29.7 Å². The highest BCUT2D eigenvalue weighted by molar-refractivity contribution is 6.11. The number of hydrogen-bond acceptors (Lipinski definition) is 5. The van der Waals surface area contributed by atoms with Crippen LogP contribution in [0.4, 0.5) is 10.1 Å². The van der Waals surface area contributed by atoms with E-state index in [2.05, 4.69) is 20.1 Å². The van der Waals surface area contributed by atoms with E-state index in [9.17, 15) is 14.0 Å². The van der Waals surface area contributed by atoms with E-state index in [0.29, 0.717) is 16.9 Å². The Morgan fingerprint density at radius 3 is 2.61 bits per heavy atom. The molecule has 7 nitrogen and oxygen atoms in total. The van der Waals surface area contributed by atoms with Crippen molar-refractivity contribution in [2.75, 3.05) is 44.6 Å². The van der Waals surface area contributed by atoms with E-state index in [-0.39, 0.29) is 30.4 Å². The maximum absolute atomic E-state index is 13.8. The fourth-order valence-electron chi connectivity index (χ4n) is 4.77. The topological polar surface area (TPSA) is 77.7 Å². The Labute approximate surface area is 181 Å². The van der Waals surface area contributed by atoms with Gasteiger partial charge in [0, 0.05) is 43.1 Å². The van der Waals surface area contributed by atoms with E-state index in [1.807, 2.05) is 0 Å². The number of aromatic nitrogens is 1. The van der Waals surface area contributed by atoms with Crippen molar-refractivity contribution in [3.63, 3.8) is 0 Å². The van der Waals surface area contributed by atoms with Crippen LogP contribution in [0.3, 0.4) is 0 Å². The number of aromatic amines is 1. The molecule has 0 atom stereocenters. The number of nitrogens with zero attached hydrogens (tertiary/aromatic N) is 2. The highest BCUT2D eigenvalue weighted by atomic mass is 19.1. The molecule has 4 rings (SSSR count). The van der Waals surface area contributed by atoms with Crippen LogP contribution in [0.1, 0.15) is 49.5 Å². The van der Waals surface area contributed by atoms with Gasteiger partial charge in [-0.15, -0.1) is 0 Å². The summed E-state index contributed by atoms with van der Waals surface area (Å²) in [7, 11) is 0. The van der Waals surface area contributed by atoms with Crippen LogP contribution in [0.25, 0.3) is 10.9 Å². The lowest BCUT2D eigenvalue weighted by Crippen LogP contribution is -2.52. The van der Waals surface area contributed by atoms with E-state index < -0.39 is 11.8 Å². The number of anilines is 1. The Bertz CT molecular complexity index is 930. The third-order valence-electron chi connectivity index (χ3n) is 6.37. The van der Waals surface area contributed by atoms with Crippen LogP contribution in [0.5, 0.6) is 0 Å². The molecule has 31 heavy (non-hydrogen) atoms. The zero-order valence-corrected chi connectivity index (χ0v) is 18.1. The summed E-state index contributed by atoms with van der Waals surface area (Å²) in [5.74, 6) is -1.23. The molecule has 168 valence electrons. The number of piperazine rings is 1. The predicted octanol–water partition coefficient (Wildman–Crippen LogP) is 3.37. The van der Waals surface area contributed by atoms with Gasteiger partial charge >= 0.3 is 5.97 Å². The number of esters is 1. The van der Waals surface area contributed by atoms with E-state index in [1.165, 1.54) is 44.2 Å². The van der Waals surface area contributed by atoms with Crippen molar-refractivity contribution in [2.24, 2.45) is 0 Å². The average Bonchev–Trinajstić information content (AvgIpc) is 3.12.